The predicted octanol–water partition coefficient (Wildman–Crippen LogP) is 1.22. The highest BCUT2D eigenvalue weighted by atomic mass is 32.2. The maximum Gasteiger partial charge on any atom is 0.410 e. The summed E-state index contributed by atoms with van der Waals surface area (Å²) < 4.78 is 5.31. The number of likely N-dealkylation sites (tertiary alicyclic amines) is 1. The monoisotopic (exact) mass is 437 g/mol. The summed E-state index contributed by atoms with van der Waals surface area (Å²) in [7, 11) is 0. The largest absolute Gasteiger partial charge is 0.480 e. The van der Waals surface area contributed by atoms with E-state index in [9.17, 15) is 19.2 Å². The fraction of sp³-hybridized carbons (Fsp3) is 0.500. The van der Waals surface area contributed by atoms with Crippen LogP contribution in [0.15, 0.2) is 30.3 Å². The van der Waals surface area contributed by atoms with Gasteiger partial charge in [0.1, 0.15) is 24.7 Å². The Morgan fingerprint density at radius 1 is 1.23 bits per heavy atom. The van der Waals surface area contributed by atoms with E-state index in [2.05, 4.69) is 10.6 Å². The number of aliphatic carboxylic acids is 1. The number of carbonyl (C=O) groups is 4. The van der Waals surface area contributed by atoms with Crippen LogP contribution in [0, 0.1) is 0 Å². The van der Waals surface area contributed by atoms with E-state index in [1.54, 1.807) is 6.26 Å². The lowest BCUT2D eigenvalue weighted by atomic mass is 10.2. The van der Waals surface area contributed by atoms with Crippen molar-refractivity contribution in [3.63, 3.8) is 0 Å². The van der Waals surface area contributed by atoms with E-state index in [0.29, 0.717) is 19.4 Å². The number of benzene rings is 1. The first-order valence-electron chi connectivity index (χ1n) is 9.63. The van der Waals surface area contributed by atoms with Gasteiger partial charge in [-0.3, -0.25) is 14.5 Å². The molecule has 9 nitrogen and oxygen atoms in total. The van der Waals surface area contributed by atoms with E-state index in [1.807, 2.05) is 30.3 Å². The quantitative estimate of drug-likeness (QED) is 0.530. The van der Waals surface area contributed by atoms with E-state index >= 15 is 0 Å². The van der Waals surface area contributed by atoms with Crippen molar-refractivity contribution >= 4 is 35.6 Å². The van der Waals surface area contributed by atoms with Crippen LogP contribution >= 0.6 is 11.8 Å². The van der Waals surface area contributed by atoms with Gasteiger partial charge in [-0.05, 0) is 31.6 Å². The second-order valence-electron chi connectivity index (χ2n) is 6.98. The molecule has 1 aromatic carbocycles. The number of carboxylic acids is 1. The third kappa shape index (κ3) is 6.65. The SMILES string of the molecule is CSCC(NC(=O)C(C)NC(=O)C1CCCN1C(=O)OCc1ccccc1)C(=O)O. The lowest BCUT2D eigenvalue weighted by Crippen LogP contribution is -2.54. The van der Waals surface area contributed by atoms with Gasteiger partial charge in [0.15, 0.2) is 0 Å². The molecule has 1 saturated heterocycles. The first-order valence-corrected chi connectivity index (χ1v) is 11.0. The minimum Gasteiger partial charge on any atom is -0.480 e. The molecule has 3 atom stereocenters. The van der Waals surface area contributed by atoms with Crippen molar-refractivity contribution in [3.8, 4) is 0 Å². The number of thioether (sulfide) groups is 1. The van der Waals surface area contributed by atoms with Crippen LogP contribution in [0.25, 0.3) is 0 Å². The van der Waals surface area contributed by atoms with Crippen molar-refractivity contribution in [2.24, 2.45) is 0 Å². The normalized spacial score (nSPS) is 17.7. The van der Waals surface area contributed by atoms with Gasteiger partial charge in [0.05, 0.1) is 0 Å². The van der Waals surface area contributed by atoms with Crippen LogP contribution in [0.5, 0.6) is 0 Å². The molecular weight excluding hydrogens is 410 g/mol. The number of carboxylic acid groups (broad SMARTS) is 1. The zero-order valence-corrected chi connectivity index (χ0v) is 17.8. The fourth-order valence-corrected chi connectivity index (χ4v) is 3.63. The number of rotatable bonds is 9. The molecule has 3 unspecified atom stereocenters. The smallest absolute Gasteiger partial charge is 0.410 e. The highest BCUT2D eigenvalue weighted by Crippen LogP contribution is 2.19. The topological polar surface area (TPSA) is 125 Å². The molecule has 0 bridgehead atoms. The molecule has 0 aromatic heterocycles. The summed E-state index contributed by atoms with van der Waals surface area (Å²) in [6.07, 6.45) is 2.26. The maximum absolute atomic E-state index is 12.6. The summed E-state index contributed by atoms with van der Waals surface area (Å²) in [5.41, 5.74) is 0.842. The van der Waals surface area contributed by atoms with Crippen LogP contribution in [0.2, 0.25) is 0 Å². The second-order valence-corrected chi connectivity index (χ2v) is 7.89. The van der Waals surface area contributed by atoms with Gasteiger partial charge in [-0.1, -0.05) is 30.3 Å². The zero-order valence-electron chi connectivity index (χ0n) is 17.0. The molecule has 0 saturated carbocycles. The summed E-state index contributed by atoms with van der Waals surface area (Å²) in [4.78, 5) is 49.9. The van der Waals surface area contributed by atoms with Crippen LogP contribution in [-0.2, 0) is 25.7 Å². The Morgan fingerprint density at radius 2 is 1.93 bits per heavy atom. The lowest BCUT2D eigenvalue weighted by molar-refractivity contribution is -0.141. The first kappa shape index (κ1) is 23.5. The average molecular weight is 438 g/mol. The van der Waals surface area contributed by atoms with Crippen LogP contribution in [0.3, 0.4) is 0 Å². The third-order valence-corrected chi connectivity index (χ3v) is 5.36. The molecule has 30 heavy (non-hydrogen) atoms. The predicted molar refractivity (Wildman–Crippen MR) is 112 cm³/mol. The molecule has 1 aliphatic rings. The van der Waals surface area contributed by atoms with E-state index in [0.717, 1.165) is 5.56 Å². The Hall–Kier alpha value is -2.75. The van der Waals surface area contributed by atoms with Crippen LogP contribution in [0.4, 0.5) is 4.79 Å². The first-order chi connectivity index (χ1) is 14.3. The Labute approximate surface area is 179 Å². The van der Waals surface area contributed by atoms with Crippen molar-refractivity contribution in [2.45, 2.75) is 44.5 Å². The Bertz CT molecular complexity index is 760. The number of amides is 3. The number of hydrogen-bond acceptors (Lipinski definition) is 6. The van der Waals surface area contributed by atoms with E-state index in [-0.39, 0.29) is 12.4 Å². The summed E-state index contributed by atoms with van der Waals surface area (Å²) in [6.45, 7) is 1.97. The summed E-state index contributed by atoms with van der Waals surface area (Å²) in [5.74, 6) is -1.99. The molecule has 2 rings (SSSR count). The maximum atomic E-state index is 12.6. The van der Waals surface area contributed by atoms with E-state index in [1.165, 1.54) is 23.6 Å². The molecule has 1 aromatic rings. The Kier molecular flexibility index (Phi) is 8.97. The van der Waals surface area contributed by atoms with Crippen molar-refractivity contribution in [3.05, 3.63) is 35.9 Å². The van der Waals surface area contributed by atoms with Crippen LogP contribution in [0.1, 0.15) is 25.3 Å². The Balaban J connectivity index is 1.88. The molecule has 0 radical (unpaired) electrons. The Morgan fingerprint density at radius 3 is 2.57 bits per heavy atom. The molecule has 3 N–H and O–H groups in total. The number of nitrogens with zero attached hydrogens (tertiary/aromatic N) is 1. The van der Waals surface area contributed by atoms with Gasteiger partial charge in [-0.2, -0.15) is 11.8 Å². The van der Waals surface area contributed by atoms with Gasteiger partial charge in [-0.25, -0.2) is 9.59 Å². The van der Waals surface area contributed by atoms with Crippen molar-refractivity contribution in [1.29, 1.82) is 0 Å². The van der Waals surface area contributed by atoms with Gasteiger partial charge >= 0.3 is 12.1 Å². The van der Waals surface area contributed by atoms with Crippen LogP contribution in [-0.4, -0.2) is 70.6 Å². The fourth-order valence-electron chi connectivity index (χ4n) is 3.07. The molecule has 0 spiro atoms. The van der Waals surface area contributed by atoms with E-state index < -0.39 is 42.0 Å². The number of hydrogen-bond donors (Lipinski definition) is 3. The van der Waals surface area contributed by atoms with Gasteiger partial charge in [0, 0.05) is 12.3 Å². The summed E-state index contributed by atoms with van der Waals surface area (Å²) in [6, 6.07) is 6.51. The van der Waals surface area contributed by atoms with Gasteiger partial charge in [-0.15, -0.1) is 0 Å². The second kappa shape index (κ2) is 11.4. The number of ether oxygens (including phenoxy) is 1. The van der Waals surface area contributed by atoms with Crippen molar-refractivity contribution < 1.29 is 29.0 Å². The number of nitrogens with one attached hydrogen (secondary N) is 2. The molecule has 0 aliphatic carbocycles. The number of carbonyl (C=O) groups excluding carboxylic acids is 3. The minimum atomic E-state index is -1.14. The highest BCUT2D eigenvalue weighted by molar-refractivity contribution is 7.98. The molecular formula is C20H27N3O6S. The van der Waals surface area contributed by atoms with Crippen molar-refractivity contribution in [1.82, 2.24) is 15.5 Å². The average Bonchev–Trinajstić information content (AvgIpc) is 3.22. The molecule has 164 valence electrons. The van der Waals surface area contributed by atoms with Gasteiger partial charge in [0.25, 0.3) is 0 Å². The highest BCUT2D eigenvalue weighted by Gasteiger charge is 2.36. The molecule has 1 heterocycles. The third-order valence-electron chi connectivity index (χ3n) is 4.70. The standard InChI is InChI=1S/C20H27N3O6S/c1-13(17(24)22-15(12-30-2)19(26)27)21-18(25)16-9-6-10-23(16)20(28)29-11-14-7-4-3-5-8-14/h3-5,7-8,13,15-16H,6,9-12H2,1-2H3,(H,21,25)(H,22,24)(H,26,27). The minimum absolute atomic E-state index is 0.106. The lowest BCUT2D eigenvalue weighted by Gasteiger charge is -2.25. The molecule has 3 amide bonds. The van der Waals surface area contributed by atoms with Crippen LogP contribution < -0.4 is 10.6 Å². The van der Waals surface area contributed by atoms with Crippen molar-refractivity contribution in [2.75, 3.05) is 18.6 Å². The molecule has 10 heteroatoms. The summed E-state index contributed by atoms with van der Waals surface area (Å²) >= 11 is 1.29. The molecule has 1 aliphatic heterocycles. The van der Waals surface area contributed by atoms with Gasteiger partial charge < -0.3 is 20.5 Å². The summed E-state index contributed by atoms with van der Waals surface area (Å²) in [5, 5.41) is 14.1. The zero-order chi connectivity index (χ0) is 22.1. The van der Waals surface area contributed by atoms with E-state index in [4.69, 9.17) is 9.84 Å². The molecule has 1 fully saturated rings. The van der Waals surface area contributed by atoms with Gasteiger partial charge in [0.2, 0.25) is 11.8 Å².